The summed E-state index contributed by atoms with van der Waals surface area (Å²) in [6.07, 6.45) is 21.1. The SMILES string of the molecule is CCCCCCCCCCCCCCCCCC(=O)/C=C(\C)C(=O)[O-]. The number of hydrogen-bond acceptors (Lipinski definition) is 3. The van der Waals surface area contributed by atoms with E-state index in [0.29, 0.717) is 6.42 Å². The maximum Gasteiger partial charge on any atom is 0.156 e. The first-order valence-corrected chi connectivity index (χ1v) is 10.5. The van der Waals surface area contributed by atoms with E-state index in [1.54, 1.807) is 0 Å². The van der Waals surface area contributed by atoms with Gasteiger partial charge in [-0.2, -0.15) is 0 Å². The summed E-state index contributed by atoms with van der Waals surface area (Å²) in [5, 5.41) is 10.5. The van der Waals surface area contributed by atoms with E-state index in [1.165, 1.54) is 96.5 Å². The molecule has 0 aliphatic heterocycles. The van der Waals surface area contributed by atoms with Crippen LogP contribution >= 0.6 is 0 Å². The zero-order chi connectivity index (χ0) is 18.8. The number of carboxylic acids is 1. The smallest absolute Gasteiger partial charge is 0.156 e. The lowest BCUT2D eigenvalue weighted by atomic mass is 10.0. The van der Waals surface area contributed by atoms with Crippen molar-refractivity contribution in [2.75, 3.05) is 0 Å². The second kappa shape index (κ2) is 17.7. The second-order valence-corrected chi connectivity index (χ2v) is 7.28. The molecule has 0 saturated carbocycles. The molecule has 0 radical (unpaired) electrons. The highest BCUT2D eigenvalue weighted by atomic mass is 16.4. The molecular weight excluding hydrogens is 312 g/mol. The summed E-state index contributed by atoms with van der Waals surface area (Å²) in [5.74, 6) is -1.36. The third-order valence-corrected chi connectivity index (χ3v) is 4.73. The minimum absolute atomic E-state index is 0.0194. The minimum atomic E-state index is -1.26. The van der Waals surface area contributed by atoms with E-state index in [-0.39, 0.29) is 11.4 Å². The quantitative estimate of drug-likeness (QED) is 0.241. The maximum atomic E-state index is 11.5. The molecule has 0 aromatic carbocycles. The molecule has 0 bridgehead atoms. The van der Waals surface area contributed by atoms with Crippen molar-refractivity contribution in [3.05, 3.63) is 11.6 Å². The van der Waals surface area contributed by atoms with Gasteiger partial charge in [0.2, 0.25) is 0 Å². The predicted molar refractivity (Wildman–Crippen MR) is 103 cm³/mol. The van der Waals surface area contributed by atoms with Gasteiger partial charge in [0, 0.05) is 6.42 Å². The molecule has 0 rings (SSSR count). The summed E-state index contributed by atoms with van der Waals surface area (Å²) in [4.78, 5) is 22.0. The lowest BCUT2D eigenvalue weighted by Crippen LogP contribution is -2.23. The molecule has 0 spiro atoms. The third kappa shape index (κ3) is 17.5. The third-order valence-electron chi connectivity index (χ3n) is 4.73. The molecule has 0 amide bonds. The Labute approximate surface area is 155 Å². The molecule has 0 aromatic heterocycles. The summed E-state index contributed by atoms with van der Waals surface area (Å²) in [6.45, 7) is 3.66. The number of carboxylic acid groups (broad SMARTS) is 1. The fraction of sp³-hybridized carbons (Fsp3) is 0.818. The Kier molecular flexibility index (Phi) is 16.9. The Morgan fingerprint density at radius 1 is 0.680 bits per heavy atom. The molecular formula is C22H39O3-. The number of unbranched alkanes of at least 4 members (excludes halogenated alkanes) is 14. The summed E-state index contributed by atoms with van der Waals surface area (Å²) in [7, 11) is 0. The zero-order valence-corrected chi connectivity index (χ0v) is 16.6. The van der Waals surface area contributed by atoms with Crippen molar-refractivity contribution >= 4 is 11.8 Å². The molecule has 0 atom stereocenters. The Hall–Kier alpha value is -1.12. The Morgan fingerprint density at radius 3 is 1.40 bits per heavy atom. The van der Waals surface area contributed by atoms with Crippen LogP contribution in [0.25, 0.3) is 0 Å². The van der Waals surface area contributed by atoms with Crippen molar-refractivity contribution in [2.24, 2.45) is 0 Å². The van der Waals surface area contributed by atoms with Gasteiger partial charge in [0.05, 0.1) is 5.97 Å². The number of rotatable bonds is 18. The van der Waals surface area contributed by atoms with Crippen LogP contribution in [0.15, 0.2) is 11.6 Å². The Balaban J connectivity index is 3.25. The first kappa shape index (κ1) is 23.9. The van der Waals surface area contributed by atoms with Crippen molar-refractivity contribution in [3.63, 3.8) is 0 Å². The molecule has 0 fully saturated rings. The molecule has 3 heteroatoms. The highest BCUT2D eigenvalue weighted by molar-refractivity contribution is 5.97. The number of carbonyl (C=O) groups is 2. The van der Waals surface area contributed by atoms with E-state index in [1.807, 2.05) is 0 Å². The van der Waals surface area contributed by atoms with Crippen molar-refractivity contribution in [1.82, 2.24) is 0 Å². The van der Waals surface area contributed by atoms with E-state index in [9.17, 15) is 14.7 Å². The van der Waals surface area contributed by atoms with E-state index >= 15 is 0 Å². The van der Waals surface area contributed by atoms with Crippen molar-refractivity contribution in [3.8, 4) is 0 Å². The van der Waals surface area contributed by atoms with E-state index in [0.717, 1.165) is 12.8 Å². The van der Waals surface area contributed by atoms with Gasteiger partial charge < -0.3 is 9.90 Å². The second-order valence-electron chi connectivity index (χ2n) is 7.28. The number of carbonyl (C=O) groups excluding carboxylic acids is 2. The Morgan fingerprint density at radius 2 is 1.04 bits per heavy atom. The maximum absolute atomic E-state index is 11.5. The standard InChI is InChI=1S/C22H40O3/c1-3-4-5-6-7-8-9-10-11-12-13-14-15-16-17-18-21(23)19-20(2)22(24)25/h19H,3-18H2,1-2H3,(H,24,25)/p-1/b20-19+. The topological polar surface area (TPSA) is 57.2 Å². The molecule has 0 N–H and O–H groups in total. The van der Waals surface area contributed by atoms with Crippen LogP contribution < -0.4 is 5.11 Å². The van der Waals surface area contributed by atoms with E-state index in [2.05, 4.69) is 6.92 Å². The van der Waals surface area contributed by atoms with Gasteiger partial charge in [0.15, 0.2) is 5.78 Å². The van der Waals surface area contributed by atoms with Gasteiger partial charge in [0.25, 0.3) is 0 Å². The van der Waals surface area contributed by atoms with Crippen LogP contribution in [0.5, 0.6) is 0 Å². The Bertz CT molecular complexity index is 371. The molecule has 0 saturated heterocycles. The van der Waals surface area contributed by atoms with Crippen LogP contribution in [0.3, 0.4) is 0 Å². The van der Waals surface area contributed by atoms with Gasteiger partial charge in [-0.05, 0) is 25.0 Å². The van der Waals surface area contributed by atoms with Gasteiger partial charge in [-0.1, -0.05) is 96.8 Å². The van der Waals surface area contributed by atoms with Crippen LogP contribution in [-0.4, -0.2) is 11.8 Å². The number of hydrogen-bond donors (Lipinski definition) is 0. The summed E-state index contributed by atoms with van der Waals surface area (Å²) >= 11 is 0. The molecule has 0 heterocycles. The minimum Gasteiger partial charge on any atom is -0.545 e. The molecule has 146 valence electrons. The number of aliphatic carboxylic acids is 1. The van der Waals surface area contributed by atoms with Gasteiger partial charge in [0.1, 0.15) is 0 Å². The van der Waals surface area contributed by atoms with Crippen molar-refractivity contribution in [1.29, 1.82) is 0 Å². The van der Waals surface area contributed by atoms with Crippen molar-refractivity contribution < 1.29 is 14.7 Å². The molecule has 0 aliphatic rings. The van der Waals surface area contributed by atoms with Crippen LogP contribution in [-0.2, 0) is 9.59 Å². The lowest BCUT2D eigenvalue weighted by Gasteiger charge is -2.03. The van der Waals surface area contributed by atoms with Crippen molar-refractivity contribution in [2.45, 2.75) is 117 Å². The van der Waals surface area contributed by atoms with E-state index in [4.69, 9.17) is 0 Å². The van der Waals surface area contributed by atoms with Gasteiger partial charge in [-0.15, -0.1) is 0 Å². The fourth-order valence-electron chi connectivity index (χ4n) is 3.04. The first-order chi connectivity index (χ1) is 12.1. The lowest BCUT2D eigenvalue weighted by molar-refractivity contribution is -0.299. The monoisotopic (exact) mass is 351 g/mol. The molecule has 0 unspecified atom stereocenters. The van der Waals surface area contributed by atoms with Gasteiger partial charge >= 0.3 is 0 Å². The molecule has 0 aromatic rings. The van der Waals surface area contributed by atoms with Gasteiger partial charge in [-0.3, -0.25) is 4.79 Å². The summed E-state index contributed by atoms with van der Waals surface area (Å²) < 4.78 is 0. The first-order valence-electron chi connectivity index (χ1n) is 10.5. The zero-order valence-electron chi connectivity index (χ0n) is 16.6. The average molecular weight is 352 g/mol. The highest BCUT2D eigenvalue weighted by Crippen LogP contribution is 2.13. The largest absolute Gasteiger partial charge is 0.545 e. The number of allylic oxidation sites excluding steroid dienone is 1. The molecule has 0 aliphatic carbocycles. The summed E-state index contributed by atoms with van der Waals surface area (Å²) in [6, 6.07) is 0. The van der Waals surface area contributed by atoms with Crippen LogP contribution in [0.1, 0.15) is 117 Å². The average Bonchev–Trinajstić information content (AvgIpc) is 2.58. The predicted octanol–water partition coefficient (Wildman–Crippen LogP) is 5.51. The van der Waals surface area contributed by atoms with Crippen LogP contribution in [0, 0.1) is 0 Å². The highest BCUT2D eigenvalue weighted by Gasteiger charge is 2.00. The van der Waals surface area contributed by atoms with Crippen LogP contribution in [0.2, 0.25) is 0 Å². The summed E-state index contributed by atoms with van der Waals surface area (Å²) in [5.41, 5.74) is 0.0194. The number of ketones is 1. The normalized spacial score (nSPS) is 11.7. The fourth-order valence-corrected chi connectivity index (χ4v) is 3.04. The van der Waals surface area contributed by atoms with Crippen LogP contribution in [0.4, 0.5) is 0 Å². The van der Waals surface area contributed by atoms with E-state index < -0.39 is 5.97 Å². The molecule has 3 nitrogen and oxygen atoms in total. The molecule has 25 heavy (non-hydrogen) atoms. The van der Waals surface area contributed by atoms with Gasteiger partial charge in [-0.25, -0.2) is 0 Å².